The quantitative estimate of drug-likeness (QED) is 0.117. The molecule has 57 heavy (non-hydrogen) atoms. The number of likely N-dealkylation sites (tertiary alicyclic amines) is 1. The minimum Gasteiger partial charge on any atom is -0.425 e. The van der Waals surface area contributed by atoms with Gasteiger partial charge in [0.1, 0.15) is 30.1 Å². The predicted octanol–water partition coefficient (Wildman–Crippen LogP) is 5.40. The Kier molecular flexibility index (Phi) is 15.3. The molecule has 304 valence electrons. The first-order valence-electron chi connectivity index (χ1n) is 18.1. The summed E-state index contributed by atoms with van der Waals surface area (Å²) in [6.07, 6.45) is 5.38. The number of halogens is 3. The number of esters is 1. The van der Waals surface area contributed by atoms with Gasteiger partial charge in [0.15, 0.2) is 11.9 Å². The van der Waals surface area contributed by atoms with E-state index in [4.69, 9.17) is 28.9 Å². The van der Waals surface area contributed by atoms with Crippen LogP contribution in [0.25, 0.3) is 6.08 Å². The van der Waals surface area contributed by atoms with E-state index < -0.39 is 59.1 Å². The number of nitriles is 1. The van der Waals surface area contributed by atoms with Crippen molar-refractivity contribution in [3.63, 3.8) is 0 Å². The first-order chi connectivity index (χ1) is 27.3. The Morgan fingerprint density at radius 2 is 1.81 bits per heavy atom. The first-order valence-corrected chi connectivity index (χ1v) is 19.1. The molecule has 1 aromatic heterocycles. The van der Waals surface area contributed by atoms with Crippen LogP contribution in [-0.2, 0) is 45.4 Å². The highest BCUT2D eigenvalue weighted by atomic mass is 32.2. The fraction of sp³-hybridized carbons (Fsp3) is 0.436. The Balaban J connectivity index is 1.24. The molecule has 0 spiro atoms. The Bertz CT molecular complexity index is 1950. The zero-order chi connectivity index (χ0) is 41.0. The van der Waals surface area contributed by atoms with Crippen molar-refractivity contribution in [1.82, 2.24) is 19.7 Å². The smallest absolute Gasteiger partial charge is 0.425 e. The molecule has 3 aromatic rings. The Morgan fingerprint density at radius 1 is 1.05 bits per heavy atom. The summed E-state index contributed by atoms with van der Waals surface area (Å²) in [5, 5.41) is 21.5. The van der Waals surface area contributed by atoms with Crippen molar-refractivity contribution in [1.29, 1.82) is 5.26 Å². The van der Waals surface area contributed by atoms with E-state index in [1.54, 1.807) is 30.1 Å². The van der Waals surface area contributed by atoms with Crippen LogP contribution in [0.5, 0.6) is 0 Å². The van der Waals surface area contributed by atoms with Crippen molar-refractivity contribution in [3.05, 3.63) is 101 Å². The van der Waals surface area contributed by atoms with E-state index in [-0.39, 0.29) is 54.9 Å². The van der Waals surface area contributed by atoms with Gasteiger partial charge in [0.25, 0.3) is 0 Å². The largest absolute Gasteiger partial charge is 0.512 e. The third-order valence-electron chi connectivity index (χ3n) is 9.17. The number of rotatable bonds is 15. The Labute approximate surface area is 331 Å². The van der Waals surface area contributed by atoms with Crippen molar-refractivity contribution in [2.75, 3.05) is 26.3 Å². The summed E-state index contributed by atoms with van der Waals surface area (Å²) in [7, 11) is 0. The van der Waals surface area contributed by atoms with E-state index in [0.717, 1.165) is 18.2 Å². The number of allylic oxidation sites excluding steroid dienone is 2. The van der Waals surface area contributed by atoms with Gasteiger partial charge in [0.2, 0.25) is 12.2 Å². The average molecular weight is 814 g/mol. The lowest BCUT2D eigenvalue weighted by molar-refractivity contribution is -0.172. The molecule has 0 radical (unpaired) electrons. The standard InChI is InChI=1S/C39H42F3N5O9S/c1-25(57-31-20-52-37(53-21-31)6-4-3-5-28-8-7-27(19-43)17-33(28)41)39(22-47-24-44-23-45-47,32-10-9-29(40)18-34(32)42)56-38(51)55-26(2)54-36(50)12-11-35(49)46-15-13-30(48)14-16-46/h3-10,17-18,23-26,30-31,37,48H,11-16,20-22H2,1-2H3/b5-3+,6-4+/t25-,26?,31?,37?,39-/m1/s1. The molecule has 14 nitrogen and oxygen atoms in total. The first kappa shape index (κ1) is 42.9. The monoisotopic (exact) mass is 813 g/mol. The Hall–Kier alpha value is -5.22. The van der Waals surface area contributed by atoms with Crippen LogP contribution in [0.4, 0.5) is 18.0 Å². The molecule has 2 saturated heterocycles. The van der Waals surface area contributed by atoms with Crippen LogP contribution in [0.3, 0.4) is 0 Å². The molecule has 1 amide bonds. The van der Waals surface area contributed by atoms with Gasteiger partial charge in [-0.05, 0) is 50.1 Å². The SMILES string of the molecule is CC(OC(=O)CCC(=O)N1CCC(O)CC1)OC(=O)O[C@@](Cn1cncn1)(c1ccc(F)cc1F)[C@@H](C)SC1COC(/C=C/C=C/c2ccc(C#N)cc2F)OC1. The van der Waals surface area contributed by atoms with E-state index in [1.807, 2.05) is 6.07 Å². The fourth-order valence-electron chi connectivity index (χ4n) is 6.18. The molecule has 3 atom stereocenters. The lowest BCUT2D eigenvalue weighted by Crippen LogP contribution is -2.47. The number of carbonyl (C=O) groups excluding carboxylic acids is 3. The summed E-state index contributed by atoms with van der Waals surface area (Å²) in [4.78, 5) is 44.0. The third kappa shape index (κ3) is 12.1. The molecule has 1 N–H and O–H groups in total. The minimum atomic E-state index is -1.92. The molecule has 5 rings (SSSR count). The number of piperidine rings is 1. The van der Waals surface area contributed by atoms with Crippen LogP contribution in [0, 0.1) is 28.8 Å². The van der Waals surface area contributed by atoms with Crippen LogP contribution in [0.15, 0.2) is 67.3 Å². The van der Waals surface area contributed by atoms with Crippen LogP contribution in [0.1, 0.15) is 56.2 Å². The molecule has 1 unspecified atom stereocenters. The highest BCUT2D eigenvalue weighted by Gasteiger charge is 2.47. The van der Waals surface area contributed by atoms with Crippen molar-refractivity contribution in [2.24, 2.45) is 0 Å². The van der Waals surface area contributed by atoms with Crippen LogP contribution < -0.4 is 0 Å². The van der Waals surface area contributed by atoms with Gasteiger partial charge < -0.3 is 33.7 Å². The van der Waals surface area contributed by atoms with Gasteiger partial charge >= 0.3 is 12.1 Å². The number of carbonyl (C=O) groups is 3. The molecule has 18 heteroatoms. The number of aliphatic hydroxyl groups excluding tert-OH is 1. The topological polar surface area (TPSA) is 175 Å². The number of amides is 1. The van der Waals surface area contributed by atoms with Gasteiger partial charge in [-0.25, -0.2) is 27.6 Å². The summed E-state index contributed by atoms with van der Waals surface area (Å²) in [6.45, 7) is 3.71. The molecule has 0 aliphatic carbocycles. The highest BCUT2D eigenvalue weighted by molar-refractivity contribution is 8.00. The molecule has 2 fully saturated rings. The second-order valence-corrected chi connectivity index (χ2v) is 14.9. The van der Waals surface area contributed by atoms with Gasteiger partial charge in [0, 0.05) is 48.9 Å². The minimum absolute atomic E-state index is 0.143. The van der Waals surface area contributed by atoms with Crippen molar-refractivity contribution in [3.8, 4) is 6.07 Å². The third-order valence-corrected chi connectivity index (χ3v) is 10.6. The van der Waals surface area contributed by atoms with Crippen molar-refractivity contribution >= 4 is 35.9 Å². The number of nitrogens with zero attached hydrogens (tertiary/aromatic N) is 5. The number of benzene rings is 2. The van der Waals surface area contributed by atoms with Gasteiger partial charge in [-0.2, -0.15) is 10.4 Å². The van der Waals surface area contributed by atoms with Crippen molar-refractivity contribution in [2.45, 2.75) is 80.9 Å². The van der Waals surface area contributed by atoms with E-state index in [9.17, 15) is 28.3 Å². The molecule has 3 heterocycles. The van der Waals surface area contributed by atoms with Gasteiger partial charge in [0.05, 0.1) is 49.2 Å². The van der Waals surface area contributed by atoms with Crippen molar-refractivity contribution < 1.29 is 56.3 Å². The lowest BCUT2D eigenvalue weighted by atomic mass is 9.89. The zero-order valence-electron chi connectivity index (χ0n) is 31.2. The maximum Gasteiger partial charge on any atom is 0.512 e. The molecule has 0 saturated carbocycles. The van der Waals surface area contributed by atoms with E-state index in [2.05, 4.69) is 10.1 Å². The normalized spacial score (nSPS) is 19.8. The van der Waals surface area contributed by atoms with Gasteiger partial charge in [-0.3, -0.25) is 9.59 Å². The molecular weight excluding hydrogens is 772 g/mol. The second-order valence-electron chi connectivity index (χ2n) is 13.3. The van der Waals surface area contributed by atoms with Gasteiger partial charge in [-0.1, -0.05) is 24.3 Å². The molecule has 0 bridgehead atoms. The number of hydrogen-bond donors (Lipinski definition) is 1. The summed E-state index contributed by atoms with van der Waals surface area (Å²) in [6, 6.07) is 8.85. The molecule has 2 aliphatic rings. The predicted molar refractivity (Wildman–Crippen MR) is 198 cm³/mol. The Morgan fingerprint density at radius 3 is 2.47 bits per heavy atom. The van der Waals surface area contributed by atoms with Crippen LogP contribution in [-0.4, -0.2) is 98.3 Å². The van der Waals surface area contributed by atoms with E-state index >= 15 is 4.39 Å². The zero-order valence-corrected chi connectivity index (χ0v) is 32.0. The second kappa shape index (κ2) is 20.3. The number of aliphatic hydroxyl groups is 1. The van der Waals surface area contributed by atoms with Crippen LogP contribution in [0.2, 0.25) is 0 Å². The number of ether oxygens (including phenoxy) is 5. The summed E-state index contributed by atoms with van der Waals surface area (Å²) in [5.41, 5.74) is -1.62. The maximum atomic E-state index is 15.7. The van der Waals surface area contributed by atoms with E-state index in [1.165, 1.54) is 54.2 Å². The van der Waals surface area contributed by atoms with Crippen LogP contribution >= 0.6 is 11.8 Å². The summed E-state index contributed by atoms with van der Waals surface area (Å²) in [5.74, 6) is -3.51. The number of thioether (sulfide) groups is 1. The number of aromatic nitrogens is 3. The molecule has 2 aromatic carbocycles. The average Bonchev–Trinajstić information content (AvgIpc) is 3.69. The summed E-state index contributed by atoms with van der Waals surface area (Å²) >= 11 is 1.24. The maximum absolute atomic E-state index is 15.7. The van der Waals surface area contributed by atoms with E-state index in [0.29, 0.717) is 37.6 Å². The highest BCUT2D eigenvalue weighted by Crippen LogP contribution is 2.42. The fourth-order valence-corrected chi connectivity index (χ4v) is 7.55. The summed E-state index contributed by atoms with van der Waals surface area (Å²) < 4.78 is 73.6. The molecular formula is C39H42F3N5O9S. The number of hydrogen-bond acceptors (Lipinski definition) is 13. The van der Waals surface area contributed by atoms with Gasteiger partial charge in [-0.15, -0.1) is 11.8 Å². The lowest BCUT2D eigenvalue weighted by Gasteiger charge is -2.40. The molecule has 2 aliphatic heterocycles.